The fourth-order valence-corrected chi connectivity index (χ4v) is 2.57. The summed E-state index contributed by atoms with van der Waals surface area (Å²) in [4.78, 5) is 0. The number of para-hydroxylation sites is 1. The summed E-state index contributed by atoms with van der Waals surface area (Å²) in [7, 11) is 0. The highest BCUT2D eigenvalue weighted by atomic mass is 16.5. The van der Waals surface area contributed by atoms with E-state index in [1.54, 1.807) is 0 Å². The largest absolute Gasteiger partial charge is 0.490 e. The molecule has 0 amide bonds. The summed E-state index contributed by atoms with van der Waals surface area (Å²) >= 11 is 0. The number of ether oxygens (including phenoxy) is 1. The van der Waals surface area contributed by atoms with Crippen LogP contribution in [0.1, 0.15) is 44.6 Å². The SMILES string of the molecule is CCCCCCC(Cc1ccccc1)Oc1ccccc1. The van der Waals surface area contributed by atoms with Crippen molar-refractivity contribution in [3.63, 3.8) is 0 Å². The third kappa shape index (κ3) is 6.03. The van der Waals surface area contributed by atoms with Crippen molar-refractivity contribution in [3.8, 4) is 5.75 Å². The third-order valence-corrected chi connectivity index (χ3v) is 3.73. The zero-order valence-electron chi connectivity index (χ0n) is 13.0. The van der Waals surface area contributed by atoms with Crippen LogP contribution in [0.4, 0.5) is 0 Å². The van der Waals surface area contributed by atoms with Crippen molar-refractivity contribution in [2.45, 2.75) is 51.6 Å². The predicted molar refractivity (Wildman–Crippen MR) is 89.8 cm³/mol. The highest BCUT2D eigenvalue weighted by molar-refractivity contribution is 5.22. The van der Waals surface area contributed by atoms with Gasteiger partial charge >= 0.3 is 0 Å². The lowest BCUT2D eigenvalue weighted by molar-refractivity contribution is 0.187. The van der Waals surface area contributed by atoms with E-state index in [1.807, 2.05) is 30.3 Å². The fraction of sp³-hybridized carbons (Fsp3) is 0.400. The molecule has 0 bridgehead atoms. The lowest BCUT2D eigenvalue weighted by atomic mass is 10.0. The second-order valence-corrected chi connectivity index (χ2v) is 5.59. The number of hydrogen-bond acceptors (Lipinski definition) is 1. The van der Waals surface area contributed by atoms with Crippen molar-refractivity contribution < 1.29 is 4.74 Å². The molecule has 2 aromatic rings. The highest BCUT2D eigenvalue weighted by Gasteiger charge is 2.11. The summed E-state index contributed by atoms with van der Waals surface area (Å²) in [5, 5.41) is 0. The van der Waals surface area contributed by atoms with Gasteiger partial charge in [-0.2, -0.15) is 0 Å². The number of unbranched alkanes of at least 4 members (excludes halogenated alkanes) is 3. The first-order chi connectivity index (χ1) is 10.4. The van der Waals surface area contributed by atoms with E-state index in [0.717, 1.165) is 18.6 Å². The van der Waals surface area contributed by atoms with Crippen LogP contribution in [0.3, 0.4) is 0 Å². The Labute approximate surface area is 129 Å². The van der Waals surface area contributed by atoms with E-state index in [-0.39, 0.29) is 6.10 Å². The minimum Gasteiger partial charge on any atom is -0.490 e. The van der Waals surface area contributed by atoms with Crippen LogP contribution in [0.25, 0.3) is 0 Å². The van der Waals surface area contributed by atoms with Gasteiger partial charge in [-0.15, -0.1) is 0 Å². The van der Waals surface area contributed by atoms with Crippen LogP contribution in [0, 0.1) is 0 Å². The van der Waals surface area contributed by atoms with Crippen LogP contribution >= 0.6 is 0 Å². The quantitative estimate of drug-likeness (QED) is 0.540. The van der Waals surface area contributed by atoms with Gasteiger partial charge in [0.25, 0.3) is 0 Å². The van der Waals surface area contributed by atoms with Crippen molar-refractivity contribution in [2.24, 2.45) is 0 Å². The second-order valence-electron chi connectivity index (χ2n) is 5.59. The third-order valence-electron chi connectivity index (χ3n) is 3.73. The molecule has 1 nitrogen and oxygen atoms in total. The van der Waals surface area contributed by atoms with Gasteiger partial charge in [0.2, 0.25) is 0 Å². The Hall–Kier alpha value is -1.76. The molecule has 0 N–H and O–H groups in total. The molecule has 1 atom stereocenters. The van der Waals surface area contributed by atoms with E-state index in [0.29, 0.717) is 0 Å². The Kier molecular flexibility index (Phi) is 6.87. The zero-order valence-corrected chi connectivity index (χ0v) is 13.0. The van der Waals surface area contributed by atoms with Crippen LogP contribution < -0.4 is 4.74 Å². The lowest BCUT2D eigenvalue weighted by Gasteiger charge is -2.19. The van der Waals surface area contributed by atoms with Crippen molar-refractivity contribution in [3.05, 3.63) is 66.2 Å². The van der Waals surface area contributed by atoms with Crippen molar-refractivity contribution in [1.29, 1.82) is 0 Å². The van der Waals surface area contributed by atoms with Crippen molar-refractivity contribution in [2.75, 3.05) is 0 Å². The first kappa shape index (κ1) is 15.6. The maximum atomic E-state index is 6.20. The average molecular weight is 282 g/mol. The Balaban J connectivity index is 1.93. The normalized spacial score (nSPS) is 12.0. The monoisotopic (exact) mass is 282 g/mol. The van der Waals surface area contributed by atoms with Gasteiger partial charge in [-0.25, -0.2) is 0 Å². The molecule has 0 aliphatic heterocycles. The standard InChI is InChI=1S/C20H26O/c1-2-3-4-9-16-20(17-18-12-7-5-8-13-18)21-19-14-10-6-11-15-19/h5-8,10-15,20H,2-4,9,16-17H2,1H3. The maximum absolute atomic E-state index is 6.20. The molecule has 0 aromatic heterocycles. The van der Waals surface area contributed by atoms with Gasteiger partial charge in [0.05, 0.1) is 0 Å². The summed E-state index contributed by atoms with van der Waals surface area (Å²) in [6, 6.07) is 20.8. The van der Waals surface area contributed by atoms with Crippen LogP contribution in [0.2, 0.25) is 0 Å². The van der Waals surface area contributed by atoms with Gasteiger partial charge in [0.15, 0.2) is 0 Å². The Morgan fingerprint density at radius 3 is 2.14 bits per heavy atom. The van der Waals surface area contributed by atoms with Gasteiger partial charge in [0.1, 0.15) is 11.9 Å². The molecule has 2 rings (SSSR count). The van der Waals surface area contributed by atoms with Gasteiger partial charge in [-0.1, -0.05) is 74.7 Å². The van der Waals surface area contributed by atoms with Crippen LogP contribution in [0.5, 0.6) is 5.75 Å². The molecule has 0 aliphatic carbocycles. The molecule has 0 radical (unpaired) electrons. The maximum Gasteiger partial charge on any atom is 0.119 e. The fourth-order valence-electron chi connectivity index (χ4n) is 2.57. The lowest BCUT2D eigenvalue weighted by Crippen LogP contribution is -2.19. The summed E-state index contributed by atoms with van der Waals surface area (Å²) in [6.07, 6.45) is 7.54. The molecule has 0 fully saturated rings. The summed E-state index contributed by atoms with van der Waals surface area (Å²) in [6.45, 7) is 2.25. The second kappa shape index (κ2) is 9.23. The molecule has 0 spiro atoms. The molecular weight excluding hydrogens is 256 g/mol. The smallest absolute Gasteiger partial charge is 0.119 e. The molecule has 112 valence electrons. The van der Waals surface area contributed by atoms with E-state index in [4.69, 9.17) is 4.74 Å². The summed E-state index contributed by atoms with van der Waals surface area (Å²) in [5.74, 6) is 0.980. The van der Waals surface area contributed by atoms with Crippen LogP contribution in [-0.2, 0) is 6.42 Å². The van der Waals surface area contributed by atoms with E-state index in [2.05, 4.69) is 37.3 Å². The topological polar surface area (TPSA) is 9.23 Å². The first-order valence-corrected chi connectivity index (χ1v) is 8.14. The van der Waals surface area contributed by atoms with Gasteiger partial charge in [0, 0.05) is 6.42 Å². The molecule has 21 heavy (non-hydrogen) atoms. The van der Waals surface area contributed by atoms with E-state index < -0.39 is 0 Å². The molecule has 1 heteroatoms. The first-order valence-electron chi connectivity index (χ1n) is 8.14. The van der Waals surface area contributed by atoms with Gasteiger partial charge in [-0.3, -0.25) is 0 Å². The average Bonchev–Trinajstić information content (AvgIpc) is 2.53. The number of hydrogen-bond donors (Lipinski definition) is 0. The highest BCUT2D eigenvalue weighted by Crippen LogP contribution is 2.18. The predicted octanol–water partition coefficient (Wildman–Crippen LogP) is 5.65. The number of benzene rings is 2. The zero-order chi connectivity index (χ0) is 14.8. The molecule has 1 unspecified atom stereocenters. The molecule has 2 aromatic carbocycles. The summed E-state index contributed by atoms with van der Waals surface area (Å²) < 4.78 is 6.20. The van der Waals surface area contributed by atoms with Crippen molar-refractivity contribution in [1.82, 2.24) is 0 Å². The molecule has 0 heterocycles. The summed E-state index contributed by atoms with van der Waals surface area (Å²) in [5.41, 5.74) is 1.36. The Morgan fingerprint density at radius 1 is 0.810 bits per heavy atom. The van der Waals surface area contributed by atoms with Gasteiger partial charge < -0.3 is 4.74 Å². The molecule has 0 saturated heterocycles. The molecule has 0 aliphatic rings. The molecule has 0 saturated carbocycles. The van der Waals surface area contributed by atoms with Crippen molar-refractivity contribution >= 4 is 0 Å². The van der Waals surface area contributed by atoms with E-state index >= 15 is 0 Å². The van der Waals surface area contributed by atoms with Crippen LogP contribution in [0.15, 0.2) is 60.7 Å². The minimum atomic E-state index is 0.270. The van der Waals surface area contributed by atoms with E-state index in [9.17, 15) is 0 Å². The number of rotatable bonds is 9. The Morgan fingerprint density at radius 2 is 1.48 bits per heavy atom. The molecular formula is C20H26O. The van der Waals surface area contributed by atoms with Crippen LogP contribution in [-0.4, -0.2) is 6.10 Å². The Bertz CT molecular complexity index is 436. The minimum absolute atomic E-state index is 0.270. The van der Waals surface area contributed by atoms with E-state index in [1.165, 1.54) is 31.2 Å². The van der Waals surface area contributed by atoms with Gasteiger partial charge in [-0.05, 0) is 30.5 Å².